The first-order valence-electron chi connectivity index (χ1n) is 8.22. The van der Waals surface area contributed by atoms with Gasteiger partial charge in [0.2, 0.25) is 0 Å². The van der Waals surface area contributed by atoms with Gasteiger partial charge in [0, 0.05) is 6.04 Å². The number of unbranched alkanes of at least 4 members (excludes halogenated alkanes) is 1. The van der Waals surface area contributed by atoms with Crippen molar-refractivity contribution in [3.8, 4) is 0 Å². The van der Waals surface area contributed by atoms with E-state index in [1.54, 1.807) is 0 Å². The van der Waals surface area contributed by atoms with Crippen LogP contribution in [0.1, 0.15) is 80.1 Å². The fourth-order valence-corrected chi connectivity index (χ4v) is 2.68. The van der Waals surface area contributed by atoms with E-state index in [0.717, 1.165) is 23.8 Å². The molecule has 1 heteroatoms. The van der Waals surface area contributed by atoms with Crippen LogP contribution in [0.5, 0.6) is 0 Å². The second kappa shape index (κ2) is 10.8. The highest BCUT2D eigenvalue weighted by Crippen LogP contribution is 2.16. The maximum absolute atomic E-state index is 3.84. The number of nitrogens with one attached hydrogen (secondary N) is 1. The molecule has 0 saturated carbocycles. The SMILES string of the molecule is CCCCC(CC)CNC(CC(C)C)CC(C)C. The summed E-state index contributed by atoms with van der Waals surface area (Å²) in [6, 6.07) is 0.723. The molecule has 0 aliphatic carbocycles. The lowest BCUT2D eigenvalue weighted by atomic mass is 9.94. The van der Waals surface area contributed by atoms with Gasteiger partial charge in [0.05, 0.1) is 0 Å². The predicted octanol–water partition coefficient (Wildman–Crippen LogP) is 5.25. The fraction of sp³-hybridized carbons (Fsp3) is 1.00. The van der Waals surface area contributed by atoms with Gasteiger partial charge in [0.1, 0.15) is 0 Å². The minimum atomic E-state index is 0.723. The number of hydrogen-bond acceptors (Lipinski definition) is 1. The summed E-state index contributed by atoms with van der Waals surface area (Å²) in [5.74, 6) is 2.49. The Balaban J connectivity index is 4.04. The summed E-state index contributed by atoms with van der Waals surface area (Å²) >= 11 is 0. The lowest BCUT2D eigenvalue weighted by Gasteiger charge is -2.25. The van der Waals surface area contributed by atoms with E-state index in [9.17, 15) is 0 Å². The molecule has 0 heterocycles. The van der Waals surface area contributed by atoms with Gasteiger partial charge < -0.3 is 5.32 Å². The second-order valence-electron chi connectivity index (χ2n) is 6.78. The van der Waals surface area contributed by atoms with Crippen LogP contribution in [-0.2, 0) is 0 Å². The van der Waals surface area contributed by atoms with Crippen molar-refractivity contribution in [1.29, 1.82) is 0 Å². The van der Waals surface area contributed by atoms with Crippen LogP contribution < -0.4 is 5.32 Å². The molecule has 0 fully saturated rings. The van der Waals surface area contributed by atoms with Crippen molar-refractivity contribution >= 4 is 0 Å². The molecule has 0 amide bonds. The van der Waals surface area contributed by atoms with Crippen molar-refractivity contribution in [2.75, 3.05) is 6.54 Å². The fourth-order valence-electron chi connectivity index (χ4n) is 2.68. The van der Waals surface area contributed by atoms with Crippen LogP contribution >= 0.6 is 0 Å². The average Bonchev–Trinajstić information content (AvgIpc) is 2.27. The molecule has 18 heavy (non-hydrogen) atoms. The third-order valence-electron chi connectivity index (χ3n) is 3.75. The van der Waals surface area contributed by atoms with Gasteiger partial charge in [-0.2, -0.15) is 0 Å². The highest BCUT2D eigenvalue weighted by molar-refractivity contribution is 4.72. The zero-order valence-electron chi connectivity index (χ0n) is 13.8. The van der Waals surface area contributed by atoms with E-state index < -0.39 is 0 Å². The van der Waals surface area contributed by atoms with Crippen molar-refractivity contribution in [3.63, 3.8) is 0 Å². The lowest BCUT2D eigenvalue weighted by molar-refractivity contribution is 0.323. The van der Waals surface area contributed by atoms with E-state index in [-0.39, 0.29) is 0 Å². The summed E-state index contributed by atoms with van der Waals surface area (Å²) in [6.07, 6.45) is 8.08. The smallest absolute Gasteiger partial charge is 0.00720 e. The van der Waals surface area contributed by atoms with E-state index >= 15 is 0 Å². The molecule has 1 unspecified atom stereocenters. The van der Waals surface area contributed by atoms with Crippen LogP contribution in [0, 0.1) is 17.8 Å². The van der Waals surface area contributed by atoms with Crippen molar-refractivity contribution in [2.24, 2.45) is 17.8 Å². The third kappa shape index (κ3) is 9.94. The molecule has 0 aliphatic heterocycles. The summed E-state index contributed by atoms with van der Waals surface area (Å²) in [6.45, 7) is 15.2. The zero-order chi connectivity index (χ0) is 14.0. The molecule has 0 aromatic carbocycles. The normalized spacial score (nSPS) is 13.8. The maximum atomic E-state index is 3.84. The van der Waals surface area contributed by atoms with Crippen molar-refractivity contribution in [1.82, 2.24) is 5.32 Å². The average molecular weight is 255 g/mol. The first kappa shape index (κ1) is 18.0. The summed E-state index contributed by atoms with van der Waals surface area (Å²) in [5, 5.41) is 3.84. The summed E-state index contributed by atoms with van der Waals surface area (Å²) < 4.78 is 0. The largest absolute Gasteiger partial charge is 0.314 e. The minimum Gasteiger partial charge on any atom is -0.314 e. The maximum Gasteiger partial charge on any atom is 0.00720 e. The van der Waals surface area contributed by atoms with Gasteiger partial charge >= 0.3 is 0 Å². The second-order valence-corrected chi connectivity index (χ2v) is 6.78. The molecule has 1 N–H and O–H groups in total. The van der Waals surface area contributed by atoms with E-state index in [1.165, 1.54) is 45.1 Å². The molecular formula is C17H37N. The van der Waals surface area contributed by atoms with E-state index in [2.05, 4.69) is 46.9 Å². The van der Waals surface area contributed by atoms with E-state index in [0.29, 0.717) is 0 Å². The van der Waals surface area contributed by atoms with Gasteiger partial charge in [-0.1, -0.05) is 60.8 Å². The predicted molar refractivity (Wildman–Crippen MR) is 84.0 cm³/mol. The Kier molecular flexibility index (Phi) is 10.8. The summed E-state index contributed by atoms with van der Waals surface area (Å²) in [5.41, 5.74) is 0. The Morgan fingerprint density at radius 1 is 0.889 bits per heavy atom. The van der Waals surface area contributed by atoms with Crippen LogP contribution in [0.4, 0.5) is 0 Å². The standard InChI is InChI=1S/C17H37N/c1-7-9-10-16(8-2)13-18-17(11-14(3)4)12-15(5)6/h14-18H,7-13H2,1-6H3. The molecule has 0 aromatic heterocycles. The van der Waals surface area contributed by atoms with Crippen molar-refractivity contribution in [2.45, 2.75) is 86.1 Å². The van der Waals surface area contributed by atoms with Crippen LogP contribution in [0.15, 0.2) is 0 Å². The molecule has 1 atom stereocenters. The quantitative estimate of drug-likeness (QED) is 0.531. The Bertz CT molecular complexity index is 164. The Morgan fingerprint density at radius 2 is 1.44 bits per heavy atom. The third-order valence-corrected chi connectivity index (χ3v) is 3.75. The number of hydrogen-bond donors (Lipinski definition) is 1. The van der Waals surface area contributed by atoms with E-state index in [4.69, 9.17) is 0 Å². The molecule has 0 rings (SSSR count). The van der Waals surface area contributed by atoms with Gasteiger partial charge in [0.15, 0.2) is 0 Å². The lowest BCUT2D eigenvalue weighted by Crippen LogP contribution is -2.35. The van der Waals surface area contributed by atoms with Crippen LogP contribution in [-0.4, -0.2) is 12.6 Å². The highest BCUT2D eigenvalue weighted by Gasteiger charge is 2.14. The molecule has 0 saturated heterocycles. The first-order valence-corrected chi connectivity index (χ1v) is 8.22. The molecule has 0 aliphatic rings. The Hall–Kier alpha value is -0.0400. The topological polar surface area (TPSA) is 12.0 Å². The summed E-state index contributed by atoms with van der Waals surface area (Å²) in [7, 11) is 0. The van der Waals surface area contributed by atoms with E-state index in [1.807, 2.05) is 0 Å². The van der Waals surface area contributed by atoms with Crippen LogP contribution in [0.3, 0.4) is 0 Å². The van der Waals surface area contributed by atoms with Crippen LogP contribution in [0.25, 0.3) is 0 Å². The molecule has 0 bridgehead atoms. The van der Waals surface area contributed by atoms with Gasteiger partial charge in [-0.3, -0.25) is 0 Å². The Labute approximate surface area is 116 Å². The Morgan fingerprint density at radius 3 is 1.83 bits per heavy atom. The molecule has 0 aromatic rings. The number of rotatable bonds is 11. The highest BCUT2D eigenvalue weighted by atomic mass is 14.9. The molecule has 1 nitrogen and oxygen atoms in total. The minimum absolute atomic E-state index is 0.723. The summed E-state index contributed by atoms with van der Waals surface area (Å²) in [4.78, 5) is 0. The van der Waals surface area contributed by atoms with Gasteiger partial charge in [-0.05, 0) is 43.6 Å². The molecular weight excluding hydrogens is 218 g/mol. The van der Waals surface area contributed by atoms with Crippen LogP contribution in [0.2, 0.25) is 0 Å². The van der Waals surface area contributed by atoms with Gasteiger partial charge in [-0.15, -0.1) is 0 Å². The first-order chi connectivity index (χ1) is 8.49. The van der Waals surface area contributed by atoms with Crippen molar-refractivity contribution in [3.05, 3.63) is 0 Å². The van der Waals surface area contributed by atoms with Gasteiger partial charge in [-0.25, -0.2) is 0 Å². The van der Waals surface area contributed by atoms with Crippen molar-refractivity contribution < 1.29 is 0 Å². The molecule has 0 radical (unpaired) electrons. The zero-order valence-corrected chi connectivity index (χ0v) is 13.8. The molecule has 110 valence electrons. The molecule has 0 spiro atoms. The monoisotopic (exact) mass is 255 g/mol. The van der Waals surface area contributed by atoms with Gasteiger partial charge in [0.25, 0.3) is 0 Å².